The van der Waals surface area contributed by atoms with Crippen molar-refractivity contribution in [2.24, 2.45) is 7.05 Å². The Bertz CT molecular complexity index is 1010. The molecule has 0 spiro atoms. The van der Waals surface area contributed by atoms with E-state index >= 15 is 0 Å². The molecule has 0 aromatic carbocycles. The normalized spacial score (nSPS) is 19.4. The molecule has 1 saturated carbocycles. The Morgan fingerprint density at radius 3 is 2.86 bits per heavy atom. The van der Waals surface area contributed by atoms with E-state index in [9.17, 15) is 9.90 Å². The van der Waals surface area contributed by atoms with Gasteiger partial charge in [-0.05, 0) is 32.6 Å². The molecule has 3 aromatic rings. The first kappa shape index (κ1) is 19.4. The van der Waals surface area contributed by atoms with Crippen molar-refractivity contribution in [3.05, 3.63) is 35.9 Å². The van der Waals surface area contributed by atoms with Gasteiger partial charge in [-0.15, -0.1) is 0 Å². The lowest BCUT2D eigenvalue weighted by atomic mass is 9.92. The molecule has 154 valence electrons. The van der Waals surface area contributed by atoms with Gasteiger partial charge in [0.1, 0.15) is 0 Å². The van der Waals surface area contributed by atoms with Gasteiger partial charge < -0.3 is 15.7 Å². The van der Waals surface area contributed by atoms with Crippen molar-refractivity contribution < 1.29 is 9.90 Å². The molecule has 1 aliphatic rings. The summed E-state index contributed by atoms with van der Waals surface area (Å²) < 4.78 is 3.52. The summed E-state index contributed by atoms with van der Waals surface area (Å²) in [5.41, 5.74) is 2.89. The summed E-state index contributed by atoms with van der Waals surface area (Å²) in [4.78, 5) is 17.5. The lowest BCUT2D eigenvalue weighted by Gasteiger charge is -2.28. The number of aromatic nitrogens is 5. The van der Waals surface area contributed by atoms with Crippen molar-refractivity contribution in [1.82, 2.24) is 29.9 Å². The maximum atomic E-state index is 13.0. The first-order valence-electron chi connectivity index (χ1n) is 10.1. The summed E-state index contributed by atoms with van der Waals surface area (Å²) >= 11 is 0. The number of aliphatic hydroxyl groups excluding tert-OH is 1. The Morgan fingerprint density at radius 2 is 2.14 bits per heavy atom. The topological polar surface area (TPSA) is 110 Å². The quantitative estimate of drug-likeness (QED) is 0.585. The number of nitrogens with one attached hydrogen (secondary N) is 2. The monoisotopic (exact) mass is 397 g/mol. The summed E-state index contributed by atoms with van der Waals surface area (Å²) in [6.45, 7) is 3.10. The van der Waals surface area contributed by atoms with E-state index in [-0.39, 0.29) is 18.1 Å². The van der Waals surface area contributed by atoms with Crippen molar-refractivity contribution in [2.45, 2.75) is 57.8 Å². The maximum Gasteiger partial charge on any atom is 0.255 e. The largest absolute Gasteiger partial charge is 0.393 e. The molecule has 1 amide bonds. The average molecular weight is 397 g/mol. The molecule has 1 aliphatic carbocycles. The highest BCUT2D eigenvalue weighted by Crippen LogP contribution is 2.30. The van der Waals surface area contributed by atoms with Crippen LogP contribution in [0.4, 0.5) is 5.69 Å². The zero-order chi connectivity index (χ0) is 20.4. The Hall–Kier alpha value is -2.94. The van der Waals surface area contributed by atoms with Gasteiger partial charge in [0.25, 0.3) is 5.91 Å². The first-order valence-corrected chi connectivity index (χ1v) is 10.1. The number of aliphatic hydroxyl groups is 1. The SMILES string of the molecule is CCn1ncc2c(NC3CCCC(O)C3)c(C(=O)NCc3cnn(C)c3)cnc21. The Labute approximate surface area is 169 Å². The Morgan fingerprint density at radius 1 is 1.28 bits per heavy atom. The number of nitrogens with zero attached hydrogens (tertiary/aromatic N) is 5. The number of carbonyl (C=O) groups is 1. The lowest BCUT2D eigenvalue weighted by molar-refractivity contribution is 0.0951. The number of rotatable bonds is 6. The molecule has 3 N–H and O–H groups in total. The molecule has 0 saturated heterocycles. The molecule has 9 heteroatoms. The van der Waals surface area contributed by atoms with Gasteiger partial charge in [0.15, 0.2) is 5.65 Å². The van der Waals surface area contributed by atoms with Crippen LogP contribution in [0, 0.1) is 0 Å². The van der Waals surface area contributed by atoms with Gasteiger partial charge in [-0.1, -0.05) is 0 Å². The second-order valence-electron chi connectivity index (χ2n) is 7.61. The number of hydrogen-bond donors (Lipinski definition) is 3. The molecular weight excluding hydrogens is 370 g/mol. The molecule has 0 aliphatic heterocycles. The van der Waals surface area contributed by atoms with E-state index in [1.54, 1.807) is 23.3 Å². The Balaban J connectivity index is 1.63. The fourth-order valence-electron chi connectivity index (χ4n) is 3.93. The molecule has 2 atom stereocenters. The highest BCUT2D eigenvalue weighted by molar-refractivity contribution is 6.06. The number of fused-ring (bicyclic) bond motifs is 1. The zero-order valence-corrected chi connectivity index (χ0v) is 16.8. The van der Waals surface area contributed by atoms with Gasteiger partial charge in [0.05, 0.1) is 35.1 Å². The summed E-state index contributed by atoms with van der Waals surface area (Å²) in [5, 5.41) is 25.9. The van der Waals surface area contributed by atoms with Crippen LogP contribution < -0.4 is 10.6 Å². The van der Waals surface area contributed by atoms with E-state index in [4.69, 9.17) is 0 Å². The number of carbonyl (C=O) groups excluding carboxylic acids is 1. The number of hydrogen-bond acceptors (Lipinski definition) is 6. The smallest absolute Gasteiger partial charge is 0.255 e. The molecule has 1 fully saturated rings. The molecule has 3 aromatic heterocycles. The van der Waals surface area contributed by atoms with Crippen molar-refractivity contribution >= 4 is 22.6 Å². The van der Waals surface area contributed by atoms with Gasteiger partial charge >= 0.3 is 0 Å². The number of anilines is 1. The van der Waals surface area contributed by atoms with Crippen LogP contribution in [0.1, 0.15) is 48.5 Å². The molecular formula is C20H27N7O2. The van der Waals surface area contributed by atoms with Gasteiger partial charge in [-0.2, -0.15) is 10.2 Å². The third-order valence-electron chi connectivity index (χ3n) is 5.42. The van der Waals surface area contributed by atoms with Crippen LogP contribution in [0.3, 0.4) is 0 Å². The highest BCUT2D eigenvalue weighted by atomic mass is 16.3. The summed E-state index contributed by atoms with van der Waals surface area (Å²) in [5.74, 6) is -0.202. The molecule has 29 heavy (non-hydrogen) atoms. The minimum Gasteiger partial charge on any atom is -0.393 e. The number of aryl methyl sites for hydroxylation is 2. The van der Waals surface area contributed by atoms with Crippen LogP contribution in [0.15, 0.2) is 24.8 Å². The van der Waals surface area contributed by atoms with Gasteiger partial charge in [0.2, 0.25) is 0 Å². The molecule has 9 nitrogen and oxygen atoms in total. The minimum absolute atomic E-state index is 0.110. The first-order chi connectivity index (χ1) is 14.0. The maximum absolute atomic E-state index is 13.0. The molecule has 0 bridgehead atoms. The van der Waals surface area contributed by atoms with E-state index in [2.05, 4.69) is 25.8 Å². The highest BCUT2D eigenvalue weighted by Gasteiger charge is 2.24. The van der Waals surface area contributed by atoms with Crippen molar-refractivity contribution in [2.75, 3.05) is 5.32 Å². The van der Waals surface area contributed by atoms with Crippen LogP contribution in [-0.4, -0.2) is 47.7 Å². The van der Waals surface area contributed by atoms with E-state index in [0.717, 1.165) is 41.5 Å². The number of pyridine rings is 1. The summed E-state index contributed by atoms with van der Waals surface area (Å²) in [6.07, 6.45) is 10.1. The predicted octanol–water partition coefficient (Wildman–Crippen LogP) is 1.83. The van der Waals surface area contributed by atoms with Crippen LogP contribution in [0.2, 0.25) is 0 Å². The second-order valence-corrected chi connectivity index (χ2v) is 7.61. The third-order valence-corrected chi connectivity index (χ3v) is 5.42. The van der Waals surface area contributed by atoms with E-state index in [1.165, 1.54) is 0 Å². The molecule has 3 heterocycles. The summed E-state index contributed by atoms with van der Waals surface area (Å²) in [7, 11) is 1.84. The van der Waals surface area contributed by atoms with Gasteiger partial charge in [0, 0.05) is 44.1 Å². The molecule has 4 rings (SSSR count). The van der Waals surface area contributed by atoms with E-state index < -0.39 is 0 Å². The van der Waals surface area contributed by atoms with Crippen LogP contribution in [0.5, 0.6) is 0 Å². The Kier molecular flexibility index (Phi) is 5.48. The number of amides is 1. The van der Waals surface area contributed by atoms with Crippen molar-refractivity contribution in [1.29, 1.82) is 0 Å². The average Bonchev–Trinajstić information content (AvgIpc) is 3.32. The van der Waals surface area contributed by atoms with Crippen LogP contribution in [-0.2, 0) is 20.1 Å². The van der Waals surface area contributed by atoms with Crippen LogP contribution >= 0.6 is 0 Å². The summed E-state index contributed by atoms with van der Waals surface area (Å²) in [6, 6.07) is 0.110. The molecule has 0 radical (unpaired) electrons. The van der Waals surface area contributed by atoms with E-state index in [0.29, 0.717) is 25.1 Å². The second kappa shape index (κ2) is 8.20. The van der Waals surface area contributed by atoms with Gasteiger partial charge in [-0.25, -0.2) is 9.67 Å². The van der Waals surface area contributed by atoms with Crippen molar-refractivity contribution in [3.8, 4) is 0 Å². The fraction of sp³-hybridized carbons (Fsp3) is 0.500. The zero-order valence-electron chi connectivity index (χ0n) is 16.8. The standard InChI is InChI=1S/C20H27N7O2/c1-3-27-19-16(11-24-27)18(25-14-5-4-6-15(28)7-14)17(10-21-19)20(29)22-8-13-9-23-26(2)12-13/h9-12,14-15,28H,3-8H2,1-2H3,(H,21,25)(H,22,29). The minimum atomic E-state index is -0.306. The predicted molar refractivity (Wildman–Crippen MR) is 109 cm³/mol. The van der Waals surface area contributed by atoms with Crippen LogP contribution in [0.25, 0.3) is 11.0 Å². The lowest BCUT2D eigenvalue weighted by Crippen LogP contribution is -2.31. The van der Waals surface area contributed by atoms with Gasteiger partial charge in [-0.3, -0.25) is 9.48 Å². The fourth-order valence-corrected chi connectivity index (χ4v) is 3.93. The molecule has 2 unspecified atom stereocenters. The third kappa shape index (κ3) is 4.09. The van der Waals surface area contributed by atoms with Crippen molar-refractivity contribution in [3.63, 3.8) is 0 Å². The van der Waals surface area contributed by atoms with E-state index in [1.807, 2.05) is 24.9 Å².